The van der Waals surface area contributed by atoms with Crippen LogP contribution in [-0.4, -0.2) is 30.7 Å². The van der Waals surface area contributed by atoms with Crippen LogP contribution in [0.5, 0.6) is 0 Å². The van der Waals surface area contributed by atoms with Gasteiger partial charge in [-0.1, -0.05) is 32.9 Å². The summed E-state index contributed by atoms with van der Waals surface area (Å²) in [5.74, 6) is 0.0460. The van der Waals surface area contributed by atoms with Crippen LogP contribution in [0.2, 0.25) is 0 Å². The van der Waals surface area contributed by atoms with Gasteiger partial charge in [0.1, 0.15) is 18.0 Å². The van der Waals surface area contributed by atoms with Gasteiger partial charge in [-0.25, -0.2) is 8.78 Å². The van der Waals surface area contributed by atoms with Crippen molar-refractivity contribution < 1.29 is 13.6 Å². The molecule has 0 fully saturated rings. The van der Waals surface area contributed by atoms with E-state index in [2.05, 4.69) is 16.0 Å². The first kappa shape index (κ1) is 17.5. The van der Waals surface area contributed by atoms with Gasteiger partial charge in [0.25, 0.3) is 0 Å². The summed E-state index contributed by atoms with van der Waals surface area (Å²) in [4.78, 5) is 12.2. The van der Waals surface area contributed by atoms with Crippen LogP contribution in [0, 0.1) is 5.41 Å². The van der Waals surface area contributed by atoms with Crippen LogP contribution in [-0.2, 0) is 4.79 Å². The summed E-state index contributed by atoms with van der Waals surface area (Å²) in [6.07, 6.45) is 5.40. The maximum atomic E-state index is 13.4. The van der Waals surface area contributed by atoms with Gasteiger partial charge in [-0.2, -0.15) is 0 Å². The van der Waals surface area contributed by atoms with E-state index in [0.29, 0.717) is 12.4 Å². The van der Waals surface area contributed by atoms with Gasteiger partial charge < -0.3 is 16.0 Å². The summed E-state index contributed by atoms with van der Waals surface area (Å²) in [5, 5.41) is 9.02. The first-order chi connectivity index (χ1) is 10.7. The molecule has 3 N–H and O–H groups in total. The number of rotatable bonds is 4. The quantitative estimate of drug-likeness (QED) is 0.744. The fraction of sp³-hybridized carbons (Fsp3) is 0.588. The smallest absolute Gasteiger partial charge is 0.246 e. The second-order valence-electron chi connectivity index (χ2n) is 7.28. The van der Waals surface area contributed by atoms with E-state index in [4.69, 9.17) is 0 Å². The average Bonchev–Trinajstić information content (AvgIpc) is 2.43. The summed E-state index contributed by atoms with van der Waals surface area (Å²) in [5.41, 5.74) is 0.00700. The van der Waals surface area contributed by atoms with E-state index in [1.165, 1.54) is 0 Å². The second-order valence-corrected chi connectivity index (χ2v) is 7.28. The third kappa shape index (κ3) is 5.69. The highest BCUT2D eigenvalue weighted by atomic mass is 19.1. The van der Waals surface area contributed by atoms with E-state index in [0.717, 1.165) is 6.08 Å². The van der Waals surface area contributed by atoms with Crippen LogP contribution >= 0.6 is 0 Å². The molecule has 128 valence electrons. The van der Waals surface area contributed by atoms with Gasteiger partial charge in [-0.05, 0) is 17.6 Å². The second kappa shape index (κ2) is 7.15. The molecule has 3 unspecified atom stereocenters. The Balaban J connectivity index is 1.86. The van der Waals surface area contributed by atoms with Crippen molar-refractivity contribution in [3.63, 3.8) is 0 Å². The number of hydrogen-bond acceptors (Lipinski definition) is 3. The minimum absolute atomic E-state index is 0.00700. The van der Waals surface area contributed by atoms with E-state index in [1.54, 1.807) is 18.2 Å². The molecule has 1 aliphatic carbocycles. The van der Waals surface area contributed by atoms with Crippen LogP contribution in [0.25, 0.3) is 0 Å². The lowest BCUT2D eigenvalue weighted by molar-refractivity contribution is -0.122. The zero-order valence-electron chi connectivity index (χ0n) is 13.8. The average molecular weight is 325 g/mol. The molecule has 4 nitrogen and oxygen atoms in total. The Morgan fingerprint density at radius 2 is 2.17 bits per heavy atom. The Bertz CT molecular complexity index is 534. The van der Waals surface area contributed by atoms with Crippen molar-refractivity contribution in [2.75, 3.05) is 6.54 Å². The van der Waals surface area contributed by atoms with Gasteiger partial charge in [-0.3, -0.25) is 4.79 Å². The monoisotopic (exact) mass is 325 g/mol. The molecule has 0 saturated heterocycles. The lowest BCUT2D eigenvalue weighted by atomic mass is 9.97. The Labute approximate surface area is 136 Å². The Hall–Kier alpha value is -1.85. The van der Waals surface area contributed by atoms with E-state index < -0.39 is 18.0 Å². The van der Waals surface area contributed by atoms with Crippen LogP contribution < -0.4 is 16.0 Å². The first-order valence-electron chi connectivity index (χ1n) is 7.92. The van der Waals surface area contributed by atoms with Crippen LogP contribution in [0.4, 0.5) is 8.78 Å². The molecule has 0 saturated carbocycles. The summed E-state index contributed by atoms with van der Waals surface area (Å²) in [6, 6.07) is -0.812. The van der Waals surface area contributed by atoms with Gasteiger partial charge in [0, 0.05) is 25.4 Å². The molecule has 2 aliphatic rings. The third-order valence-electron chi connectivity index (χ3n) is 3.63. The van der Waals surface area contributed by atoms with Crippen molar-refractivity contribution in [3.8, 4) is 0 Å². The van der Waals surface area contributed by atoms with Crippen molar-refractivity contribution in [2.45, 2.75) is 51.9 Å². The zero-order chi connectivity index (χ0) is 17.0. The largest absolute Gasteiger partial charge is 0.369 e. The number of alkyl halides is 1. The molecule has 0 aromatic carbocycles. The van der Waals surface area contributed by atoms with Crippen LogP contribution in [0.1, 0.15) is 33.6 Å². The molecule has 2 rings (SSSR count). The maximum Gasteiger partial charge on any atom is 0.246 e. The molecule has 1 amide bonds. The fourth-order valence-electron chi connectivity index (χ4n) is 2.48. The molecular weight excluding hydrogens is 300 g/mol. The highest BCUT2D eigenvalue weighted by molar-refractivity contribution is 5.84. The highest BCUT2D eigenvalue weighted by Crippen LogP contribution is 2.22. The van der Waals surface area contributed by atoms with Crippen molar-refractivity contribution in [1.29, 1.82) is 0 Å². The van der Waals surface area contributed by atoms with Crippen LogP contribution in [0.15, 0.2) is 36.0 Å². The Morgan fingerprint density at radius 1 is 1.43 bits per heavy atom. The summed E-state index contributed by atoms with van der Waals surface area (Å²) < 4.78 is 26.7. The zero-order valence-corrected chi connectivity index (χ0v) is 13.8. The highest BCUT2D eigenvalue weighted by Gasteiger charge is 2.25. The van der Waals surface area contributed by atoms with E-state index in [9.17, 15) is 13.6 Å². The molecule has 0 spiro atoms. The number of nitrogens with one attached hydrogen (secondary N) is 3. The fourth-order valence-corrected chi connectivity index (χ4v) is 2.48. The number of carbonyl (C=O) groups is 1. The minimum atomic E-state index is -1.27. The van der Waals surface area contributed by atoms with Crippen molar-refractivity contribution in [3.05, 3.63) is 36.0 Å². The van der Waals surface area contributed by atoms with Crippen molar-refractivity contribution in [2.24, 2.45) is 5.41 Å². The molecule has 0 aromatic heterocycles. The molecule has 1 aliphatic heterocycles. The van der Waals surface area contributed by atoms with E-state index in [1.807, 2.05) is 20.8 Å². The molecule has 6 heteroatoms. The van der Waals surface area contributed by atoms with Gasteiger partial charge in [-0.15, -0.1) is 0 Å². The number of allylic oxidation sites excluding steroid dienone is 3. The molecule has 3 atom stereocenters. The predicted molar refractivity (Wildman–Crippen MR) is 86.9 cm³/mol. The number of halogens is 2. The van der Waals surface area contributed by atoms with Crippen LogP contribution in [0.3, 0.4) is 0 Å². The van der Waals surface area contributed by atoms with Gasteiger partial charge in [0.2, 0.25) is 5.91 Å². The molecule has 0 aromatic rings. The lowest BCUT2D eigenvalue weighted by Gasteiger charge is -2.29. The molecule has 1 heterocycles. The lowest BCUT2D eigenvalue weighted by Crippen LogP contribution is -2.49. The third-order valence-corrected chi connectivity index (χ3v) is 3.63. The molecular formula is C17H25F2N3O. The predicted octanol–water partition coefficient (Wildman–Crippen LogP) is 2.46. The molecule has 23 heavy (non-hydrogen) atoms. The molecule has 0 radical (unpaired) electrons. The Kier molecular flexibility index (Phi) is 5.44. The maximum absolute atomic E-state index is 13.4. The van der Waals surface area contributed by atoms with Crippen molar-refractivity contribution in [1.82, 2.24) is 16.0 Å². The van der Waals surface area contributed by atoms with E-state index >= 15 is 0 Å². The number of hydrogen-bond donors (Lipinski definition) is 3. The van der Waals surface area contributed by atoms with Crippen molar-refractivity contribution >= 4 is 5.91 Å². The summed E-state index contributed by atoms with van der Waals surface area (Å²) in [6.45, 7) is 6.71. The minimum Gasteiger partial charge on any atom is -0.369 e. The normalized spacial score (nSPS) is 27.6. The van der Waals surface area contributed by atoms with E-state index in [-0.39, 0.29) is 30.2 Å². The number of amides is 1. The topological polar surface area (TPSA) is 53.2 Å². The standard InChI is InChI=1S/C17H25F2N3O/c1-17(2,3)10-20-16(23)14-5-4-6-15(22-14)21-13-8-11(18)7-12(19)9-13/h4-7,11,13-14,21-22H,8-10H2,1-3H3,(H,20,23). The van der Waals surface area contributed by atoms with Gasteiger partial charge in [0.15, 0.2) is 0 Å². The van der Waals surface area contributed by atoms with Gasteiger partial charge >= 0.3 is 0 Å². The number of dihydropyridines is 1. The SMILES string of the molecule is CC(C)(C)CNC(=O)C1C=CC=C(NC2CC(F)=CC(F)C2)N1. The summed E-state index contributed by atoms with van der Waals surface area (Å²) in [7, 11) is 0. The summed E-state index contributed by atoms with van der Waals surface area (Å²) >= 11 is 0. The Morgan fingerprint density at radius 3 is 2.83 bits per heavy atom. The van der Waals surface area contributed by atoms with Gasteiger partial charge in [0.05, 0.1) is 5.82 Å². The molecule has 0 bridgehead atoms. The first-order valence-corrected chi connectivity index (χ1v) is 7.92. The number of carbonyl (C=O) groups excluding carboxylic acids is 1.